The van der Waals surface area contributed by atoms with Gasteiger partial charge in [-0.25, -0.2) is 13.8 Å². The van der Waals surface area contributed by atoms with Crippen molar-refractivity contribution in [3.63, 3.8) is 0 Å². The van der Waals surface area contributed by atoms with Crippen molar-refractivity contribution in [1.82, 2.24) is 9.13 Å². The van der Waals surface area contributed by atoms with Gasteiger partial charge in [0.15, 0.2) is 0 Å². The zero-order valence-corrected chi connectivity index (χ0v) is 13.9. The average Bonchev–Trinajstić information content (AvgIpc) is 2.58. The molecule has 14 heteroatoms. The predicted octanol–water partition coefficient (Wildman–Crippen LogP) is 2.07. The molecule has 0 saturated heterocycles. The van der Waals surface area contributed by atoms with Crippen LogP contribution in [-0.2, 0) is 18.0 Å². The molecular weight excluding hydrogens is 417 g/mol. The number of rotatable bonds is 2. The third-order valence-corrected chi connectivity index (χ3v) is 3.56. The number of anilines is 1. The largest absolute Gasteiger partial charge is 0.471 e. The summed E-state index contributed by atoms with van der Waals surface area (Å²) in [6, 6.07) is 1.94. The molecule has 1 aromatic heterocycles. The highest BCUT2D eigenvalue weighted by molar-refractivity contribution is 5.96. The summed E-state index contributed by atoms with van der Waals surface area (Å²) in [5, 5.41) is 10.2. The first-order chi connectivity index (χ1) is 13.2. The van der Waals surface area contributed by atoms with E-state index in [1.54, 1.807) is 0 Å². The van der Waals surface area contributed by atoms with Crippen molar-refractivity contribution in [3.05, 3.63) is 56.1 Å². The molecular formula is C15H7F7N4O3. The smallest absolute Gasteiger partial charge is 0.317 e. The summed E-state index contributed by atoms with van der Waals surface area (Å²) in [5.41, 5.74) is -7.73. The Morgan fingerprint density at radius 3 is 2.17 bits per heavy atom. The van der Waals surface area contributed by atoms with Gasteiger partial charge in [-0.1, -0.05) is 0 Å². The molecule has 1 amide bonds. The second kappa shape index (κ2) is 7.08. The van der Waals surface area contributed by atoms with Crippen molar-refractivity contribution < 1.29 is 35.5 Å². The van der Waals surface area contributed by atoms with Gasteiger partial charge in [-0.15, -0.1) is 0 Å². The van der Waals surface area contributed by atoms with Crippen LogP contribution >= 0.6 is 0 Å². The standard InChI is InChI=1S/C15H7F7N4O3/c1-25-10(14(17,18)19)4-11(27)26(13(25)29)9-3-8(6(5-23)2-7(9)16)24-12(28)15(20,21)22/h2-4H,1H3,(H,24,28). The number of aromatic nitrogens is 2. The maximum atomic E-state index is 14.3. The summed E-state index contributed by atoms with van der Waals surface area (Å²) in [6.07, 6.45) is -10.5. The Labute approximate surface area is 155 Å². The van der Waals surface area contributed by atoms with E-state index in [0.717, 1.165) is 0 Å². The molecule has 0 spiro atoms. The van der Waals surface area contributed by atoms with Gasteiger partial charge in [0.1, 0.15) is 17.6 Å². The van der Waals surface area contributed by atoms with Gasteiger partial charge in [0.2, 0.25) is 0 Å². The summed E-state index contributed by atoms with van der Waals surface area (Å²) in [5.74, 6) is -4.02. The summed E-state index contributed by atoms with van der Waals surface area (Å²) in [4.78, 5) is 35.3. The van der Waals surface area contributed by atoms with E-state index in [0.29, 0.717) is 19.2 Å². The number of nitrogens with zero attached hydrogens (tertiary/aromatic N) is 3. The maximum absolute atomic E-state index is 14.3. The van der Waals surface area contributed by atoms with E-state index in [1.165, 1.54) is 11.4 Å². The number of benzene rings is 1. The fourth-order valence-electron chi connectivity index (χ4n) is 2.24. The number of amides is 1. The van der Waals surface area contributed by atoms with E-state index in [2.05, 4.69) is 0 Å². The number of hydrogen-bond acceptors (Lipinski definition) is 4. The Morgan fingerprint density at radius 1 is 1.10 bits per heavy atom. The molecule has 0 unspecified atom stereocenters. The molecule has 1 heterocycles. The third kappa shape index (κ3) is 4.13. The Morgan fingerprint density at radius 2 is 1.69 bits per heavy atom. The zero-order valence-electron chi connectivity index (χ0n) is 13.9. The van der Waals surface area contributed by atoms with Crippen LogP contribution in [0.1, 0.15) is 11.3 Å². The molecule has 1 aromatic carbocycles. The predicted molar refractivity (Wildman–Crippen MR) is 81.6 cm³/mol. The first-order valence-electron chi connectivity index (χ1n) is 7.21. The molecule has 7 nitrogen and oxygen atoms in total. The van der Waals surface area contributed by atoms with Crippen molar-refractivity contribution in [2.24, 2.45) is 7.05 Å². The lowest BCUT2D eigenvalue weighted by Crippen LogP contribution is -2.41. The number of hydrogen-bond donors (Lipinski definition) is 1. The second-order valence-electron chi connectivity index (χ2n) is 5.46. The van der Waals surface area contributed by atoms with Crippen molar-refractivity contribution >= 4 is 11.6 Å². The highest BCUT2D eigenvalue weighted by Crippen LogP contribution is 2.28. The van der Waals surface area contributed by atoms with Crippen molar-refractivity contribution in [2.45, 2.75) is 12.4 Å². The Kier molecular flexibility index (Phi) is 5.29. The molecule has 1 N–H and O–H groups in total. The van der Waals surface area contributed by atoms with Crippen LogP contribution in [-0.4, -0.2) is 21.2 Å². The average molecular weight is 424 g/mol. The van der Waals surface area contributed by atoms with Gasteiger partial charge in [0.25, 0.3) is 5.56 Å². The topological polar surface area (TPSA) is 96.9 Å². The zero-order chi connectivity index (χ0) is 22.3. The maximum Gasteiger partial charge on any atom is 0.471 e. The molecule has 2 rings (SSSR count). The highest BCUT2D eigenvalue weighted by atomic mass is 19.4. The Balaban J connectivity index is 2.77. The van der Waals surface area contributed by atoms with E-state index < -0.39 is 58.0 Å². The SMILES string of the molecule is Cn1c(C(F)(F)F)cc(=O)n(-c2cc(NC(=O)C(F)(F)F)c(C#N)cc2F)c1=O. The normalized spacial score (nSPS) is 11.8. The fourth-order valence-corrected chi connectivity index (χ4v) is 2.24. The van der Waals surface area contributed by atoms with E-state index >= 15 is 0 Å². The summed E-state index contributed by atoms with van der Waals surface area (Å²) >= 11 is 0. The first kappa shape index (κ1) is 21.7. The minimum absolute atomic E-state index is 0.0208. The van der Waals surface area contributed by atoms with Crippen molar-refractivity contribution in [2.75, 3.05) is 5.32 Å². The highest BCUT2D eigenvalue weighted by Gasteiger charge is 2.39. The molecule has 0 aliphatic heterocycles. The molecule has 0 radical (unpaired) electrons. The van der Waals surface area contributed by atoms with Gasteiger partial charge < -0.3 is 5.32 Å². The van der Waals surface area contributed by atoms with Crippen LogP contribution in [0, 0.1) is 17.1 Å². The summed E-state index contributed by atoms with van der Waals surface area (Å²) in [7, 11) is 0.634. The molecule has 0 saturated carbocycles. The molecule has 29 heavy (non-hydrogen) atoms. The van der Waals surface area contributed by atoms with Crippen LogP contribution in [0.15, 0.2) is 27.8 Å². The monoisotopic (exact) mass is 424 g/mol. The Hall–Kier alpha value is -3.63. The minimum atomic E-state index is -5.39. The lowest BCUT2D eigenvalue weighted by Gasteiger charge is -2.16. The van der Waals surface area contributed by atoms with Crippen LogP contribution in [0.5, 0.6) is 0 Å². The molecule has 154 valence electrons. The number of nitriles is 1. The van der Waals surface area contributed by atoms with E-state index in [9.17, 15) is 45.1 Å². The van der Waals surface area contributed by atoms with Crippen LogP contribution in [0.2, 0.25) is 0 Å². The van der Waals surface area contributed by atoms with Crippen molar-refractivity contribution in [1.29, 1.82) is 5.26 Å². The summed E-state index contributed by atoms with van der Waals surface area (Å²) in [6.45, 7) is 0. The number of halogens is 7. The molecule has 0 aliphatic rings. The number of nitrogens with one attached hydrogen (secondary N) is 1. The first-order valence-corrected chi connectivity index (χ1v) is 7.21. The third-order valence-electron chi connectivity index (χ3n) is 3.56. The molecule has 0 atom stereocenters. The quantitative estimate of drug-likeness (QED) is 0.747. The molecule has 0 bridgehead atoms. The van der Waals surface area contributed by atoms with Crippen LogP contribution in [0.4, 0.5) is 36.4 Å². The van der Waals surface area contributed by atoms with Gasteiger partial charge >= 0.3 is 23.9 Å². The summed E-state index contributed by atoms with van der Waals surface area (Å²) < 4.78 is 90.1. The van der Waals surface area contributed by atoms with Gasteiger partial charge in [0, 0.05) is 13.1 Å². The second-order valence-corrected chi connectivity index (χ2v) is 5.46. The number of alkyl halides is 6. The van der Waals surface area contributed by atoms with Crippen LogP contribution < -0.4 is 16.6 Å². The van der Waals surface area contributed by atoms with E-state index in [4.69, 9.17) is 5.26 Å². The Bertz CT molecular complexity index is 1150. The van der Waals surface area contributed by atoms with Gasteiger partial charge in [-0.05, 0) is 12.1 Å². The lowest BCUT2D eigenvalue weighted by atomic mass is 10.1. The van der Waals surface area contributed by atoms with Gasteiger partial charge in [0.05, 0.1) is 16.9 Å². The fraction of sp³-hybridized carbons (Fsp3) is 0.200. The number of carbonyl (C=O) groups excluding carboxylic acids is 1. The van der Waals surface area contributed by atoms with Crippen LogP contribution in [0.3, 0.4) is 0 Å². The van der Waals surface area contributed by atoms with Crippen molar-refractivity contribution in [3.8, 4) is 11.8 Å². The molecule has 0 fully saturated rings. The van der Waals surface area contributed by atoms with E-state index in [1.807, 2.05) is 0 Å². The minimum Gasteiger partial charge on any atom is -0.317 e. The van der Waals surface area contributed by atoms with Gasteiger partial charge in [-0.3, -0.25) is 14.2 Å². The molecule has 0 aliphatic carbocycles. The number of carbonyl (C=O) groups is 1. The molecule has 2 aromatic rings. The van der Waals surface area contributed by atoms with E-state index in [-0.39, 0.29) is 15.2 Å². The van der Waals surface area contributed by atoms with Gasteiger partial charge in [-0.2, -0.15) is 31.6 Å². The lowest BCUT2D eigenvalue weighted by molar-refractivity contribution is -0.167. The van der Waals surface area contributed by atoms with Crippen LogP contribution in [0.25, 0.3) is 5.69 Å².